The van der Waals surface area contributed by atoms with E-state index in [2.05, 4.69) is 10.1 Å². The van der Waals surface area contributed by atoms with Gasteiger partial charge in [-0.3, -0.25) is 14.5 Å². The highest BCUT2D eigenvalue weighted by Crippen LogP contribution is 2.34. The van der Waals surface area contributed by atoms with Crippen molar-refractivity contribution in [1.82, 2.24) is 14.8 Å². The predicted octanol–water partition coefficient (Wildman–Crippen LogP) is 3.41. The summed E-state index contributed by atoms with van der Waals surface area (Å²) in [6.07, 6.45) is -8.62. The fourth-order valence-corrected chi connectivity index (χ4v) is 2.06. The van der Waals surface area contributed by atoms with Gasteiger partial charge in [-0.05, 0) is 19.1 Å². The lowest BCUT2D eigenvalue weighted by Crippen LogP contribution is -2.21. The summed E-state index contributed by atoms with van der Waals surface area (Å²) >= 11 is 0. The summed E-state index contributed by atoms with van der Waals surface area (Å²) in [4.78, 5) is 15.4. The van der Waals surface area contributed by atoms with Crippen LogP contribution in [0.15, 0.2) is 18.3 Å². The number of hydrogen-bond acceptors (Lipinski definition) is 3. The second kappa shape index (κ2) is 5.80. The van der Waals surface area contributed by atoms with Crippen LogP contribution in [0.3, 0.4) is 0 Å². The second-order valence-electron chi connectivity index (χ2n) is 4.80. The lowest BCUT2D eigenvalue weighted by atomic mass is 10.1. The van der Waals surface area contributed by atoms with Gasteiger partial charge in [0.05, 0.1) is 5.56 Å². The lowest BCUT2D eigenvalue weighted by Gasteiger charge is -2.12. The van der Waals surface area contributed by atoms with Gasteiger partial charge in [-0.15, -0.1) is 0 Å². The van der Waals surface area contributed by atoms with E-state index < -0.39 is 40.8 Å². The van der Waals surface area contributed by atoms with Crippen molar-refractivity contribution in [3.05, 3.63) is 40.8 Å². The van der Waals surface area contributed by atoms with Gasteiger partial charge in [0.25, 0.3) is 5.91 Å². The molecular formula is C13H10F6N4O. The van der Waals surface area contributed by atoms with Crippen molar-refractivity contribution in [2.75, 3.05) is 5.32 Å². The molecule has 0 radical (unpaired) electrons. The first-order chi connectivity index (χ1) is 10.9. The molecular weight excluding hydrogens is 342 g/mol. The summed E-state index contributed by atoms with van der Waals surface area (Å²) in [5, 5.41) is 5.23. The zero-order valence-electron chi connectivity index (χ0n) is 12.2. The maximum absolute atomic E-state index is 12.9. The van der Waals surface area contributed by atoms with E-state index in [0.717, 1.165) is 30.9 Å². The largest absolute Gasteiger partial charge is 0.435 e. The first kappa shape index (κ1) is 17.8. The Morgan fingerprint density at radius 3 is 2.29 bits per heavy atom. The van der Waals surface area contributed by atoms with Crippen LogP contribution in [-0.4, -0.2) is 20.7 Å². The number of aryl methyl sites for hydroxylation is 1. The molecule has 1 N–H and O–H groups in total. The number of nitrogens with zero attached hydrogens (tertiary/aromatic N) is 3. The molecule has 2 rings (SSSR count). The lowest BCUT2D eigenvalue weighted by molar-refractivity contribution is -0.142. The van der Waals surface area contributed by atoms with Crippen LogP contribution < -0.4 is 5.32 Å². The molecule has 0 bridgehead atoms. The van der Waals surface area contributed by atoms with Gasteiger partial charge >= 0.3 is 12.4 Å². The number of nitrogens with one attached hydrogen (secondary N) is 1. The fraction of sp³-hybridized carbons (Fsp3) is 0.308. The molecule has 0 saturated carbocycles. The Morgan fingerprint density at radius 2 is 1.79 bits per heavy atom. The molecule has 2 aromatic heterocycles. The number of carbonyl (C=O) groups excluding carboxylic acids is 1. The molecule has 5 nitrogen and oxygen atoms in total. The van der Waals surface area contributed by atoms with Crippen molar-refractivity contribution < 1.29 is 31.1 Å². The molecule has 0 aliphatic heterocycles. The van der Waals surface area contributed by atoms with Gasteiger partial charge < -0.3 is 5.32 Å². The number of aromatic nitrogens is 3. The number of amides is 1. The zero-order chi connectivity index (χ0) is 18.3. The number of alkyl halides is 6. The Labute approximate surface area is 131 Å². The third-order valence-electron chi connectivity index (χ3n) is 3.11. The number of rotatable bonds is 2. The molecule has 2 heterocycles. The molecule has 0 aliphatic rings. The van der Waals surface area contributed by atoms with E-state index >= 15 is 0 Å². The molecule has 0 aliphatic carbocycles. The monoisotopic (exact) mass is 352 g/mol. The van der Waals surface area contributed by atoms with E-state index in [0.29, 0.717) is 6.07 Å². The normalized spacial score (nSPS) is 12.3. The van der Waals surface area contributed by atoms with Crippen LogP contribution in [-0.2, 0) is 19.4 Å². The molecule has 24 heavy (non-hydrogen) atoms. The maximum Gasteiger partial charge on any atom is 0.435 e. The van der Waals surface area contributed by atoms with Crippen molar-refractivity contribution in [2.24, 2.45) is 7.05 Å². The standard InChI is InChI=1S/C13H10F6N4O/c1-6-9(13(17,18)19)22-23(2)10(6)21-11(24)8-7(12(14,15)16)4-3-5-20-8/h3-5H,1-2H3,(H,21,24). The summed E-state index contributed by atoms with van der Waals surface area (Å²) in [6, 6.07) is 1.65. The minimum atomic E-state index is -4.83. The SMILES string of the molecule is Cc1c(C(F)(F)F)nn(C)c1NC(=O)c1ncccc1C(F)(F)F. The summed E-state index contributed by atoms with van der Waals surface area (Å²) in [7, 11) is 1.13. The van der Waals surface area contributed by atoms with Gasteiger partial charge in [-0.2, -0.15) is 31.4 Å². The highest BCUT2D eigenvalue weighted by molar-refractivity contribution is 6.03. The van der Waals surface area contributed by atoms with Gasteiger partial charge in [0.2, 0.25) is 0 Å². The Hall–Kier alpha value is -2.59. The minimum Gasteiger partial charge on any atom is -0.305 e. The quantitative estimate of drug-likeness (QED) is 0.843. The van der Waals surface area contributed by atoms with Crippen LogP contribution in [0.4, 0.5) is 32.2 Å². The van der Waals surface area contributed by atoms with Gasteiger partial charge in [-0.1, -0.05) is 0 Å². The second-order valence-corrected chi connectivity index (χ2v) is 4.80. The Balaban J connectivity index is 2.41. The van der Waals surface area contributed by atoms with Crippen LogP contribution in [0.1, 0.15) is 27.3 Å². The molecule has 0 saturated heterocycles. The summed E-state index contributed by atoms with van der Waals surface area (Å²) < 4.78 is 77.7. The van der Waals surface area contributed by atoms with Gasteiger partial charge in [0.1, 0.15) is 11.5 Å². The van der Waals surface area contributed by atoms with E-state index in [9.17, 15) is 31.1 Å². The van der Waals surface area contributed by atoms with Crippen LogP contribution in [0.2, 0.25) is 0 Å². The van der Waals surface area contributed by atoms with E-state index in [1.54, 1.807) is 0 Å². The third kappa shape index (κ3) is 3.34. The van der Waals surface area contributed by atoms with E-state index in [1.165, 1.54) is 0 Å². The van der Waals surface area contributed by atoms with E-state index in [4.69, 9.17) is 0 Å². The number of anilines is 1. The fourth-order valence-electron chi connectivity index (χ4n) is 2.06. The minimum absolute atomic E-state index is 0.369. The molecule has 0 spiro atoms. The number of pyridine rings is 1. The molecule has 0 atom stereocenters. The Bertz CT molecular complexity index is 778. The molecule has 1 amide bonds. The average Bonchev–Trinajstić information content (AvgIpc) is 2.74. The molecule has 11 heteroatoms. The van der Waals surface area contributed by atoms with Crippen LogP contribution >= 0.6 is 0 Å². The van der Waals surface area contributed by atoms with Crippen LogP contribution in [0, 0.1) is 6.92 Å². The molecule has 0 unspecified atom stereocenters. The smallest absolute Gasteiger partial charge is 0.305 e. The number of halogens is 6. The topological polar surface area (TPSA) is 59.8 Å². The van der Waals surface area contributed by atoms with Crippen LogP contribution in [0.25, 0.3) is 0 Å². The summed E-state index contributed by atoms with van der Waals surface area (Å²) in [5.74, 6) is -1.66. The molecule has 0 aromatic carbocycles. The predicted molar refractivity (Wildman–Crippen MR) is 70.1 cm³/mol. The highest BCUT2D eigenvalue weighted by atomic mass is 19.4. The van der Waals surface area contributed by atoms with Crippen LogP contribution in [0.5, 0.6) is 0 Å². The van der Waals surface area contributed by atoms with Crippen molar-refractivity contribution in [3.63, 3.8) is 0 Å². The third-order valence-corrected chi connectivity index (χ3v) is 3.11. The first-order valence-corrected chi connectivity index (χ1v) is 6.37. The van der Waals surface area contributed by atoms with Crippen molar-refractivity contribution in [1.29, 1.82) is 0 Å². The van der Waals surface area contributed by atoms with E-state index in [1.807, 2.05) is 5.32 Å². The number of carbonyl (C=O) groups is 1. The highest BCUT2D eigenvalue weighted by Gasteiger charge is 2.39. The Kier molecular flexibility index (Phi) is 4.29. The average molecular weight is 352 g/mol. The Morgan fingerprint density at radius 1 is 1.17 bits per heavy atom. The van der Waals surface area contributed by atoms with E-state index in [-0.39, 0.29) is 5.82 Å². The molecule has 0 fully saturated rings. The van der Waals surface area contributed by atoms with Gasteiger partial charge in [0.15, 0.2) is 5.69 Å². The molecule has 130 valence electrons. The zero-order valence-corrected chi connectivity index (χ0v) is 12.2. The maximum atomic E-state index is 12.9. The van der Waals surface area contributed by atoms with Crippen molar-refractivity contribution in [2.45, 2.75) is 19.3 Å². The molecule has 2 aromatic rings. The summed E-state index contributed by atoms with van der Waals surface area (Å²) in [5.41, 5.74) is -3.89. The van der Waals surface area contributed by atoms with Gasteiger partial charge in [-0.25, -0.2) is 0 Å². The summed E-state index contributed by atoms with van der Waals surface area (Å²) in [6.45, 7) is 1.05. The number of hydrogen-bond donors (Lipinski definition) is 1. The van der Waals surface area contributed by atoms with Gasteiger partial charge in [0, 0.05) is 18.8 Å². The van der Waals surface area contributed by atoms with Crippen molar-refractivity contribution >= 4 is 11.7 Å². The van der Waals surface area contributed by atoms with Crippen molar-refractivity contribution in [3.8, 4) is 0 Å². The first-order valence-electron chi connectivity index (χ1n) is 6.37.